The number of phenolic OH excluding ortho intramolecular Hbond substituents is 1. The van der Waals surface area contributed by atoms with Crippen LogP contribution in [0.3, 0.4) is 0 Å². The number of rotatable bonds is 4. The second-order valence-electron chi connectivity index (χ2n) is 3.51. The van der Waals surface area contributed by atoms with Crippen molar-refractivity contribution in [1.82, 2.24) is 0 Å². The lowest BCUT2D eigenvalue weighted by Crippen LogP contribution is -2.21. The van der Waals surface area contributed by atoms with Crippen molar-refractivity contribution in [1.29, 1.82) is 0 Å². The zero-order valence-electron chi connectivity index (χ0n) is 9.23. The molecule has 0 saturated heterocycles. The van der Waals surface area contributed by atoms with E-state index in [0.29, 0.717) is 11.3 Å². The van der Waals surface area contributed by atoms with Crippen LogP contribution in [0.4, 0.5) is 0 Å². The summed E-state index contributed by atoms with van der Waals surface area (Å²) in [5.41, 5.74) is 6.23. The van der Waals surface area contributed by atoms with Crippen molar-refractivity contribution >= 4 is 5.97 Å². The van der Waals surface area contributed by atoms with Gasteiger partial charge in [-0.1, -0.05) is 0 Å². The van der Waals surface area contributed by atoms with Crippen molar-refractivity contribution in [2.75, 3.05) is 13.7 Å². The molecule has 0 aliphatic carbocycles. The molecular formula is C11H15NO4. The quantitative estimate of drug-likeness (QED) is 0.706. The Balaban J connectivity index is 3.30. The molecule has 0 bridgehead atoms. The van der Waals surface area contributed by atoms with Crippen molar-refractivity contribution in [3.8, 4) is 11.5 Å². The summed E-state index contributed by atoms with van der Waals surface area (Å²) in [7, 11) is 1.48. The number of carboxylic acids is 1. The summed E-state index contributed by atoms with van der Waals surface area (Å²) in [5.74, 6) is -1.53. The first-order valence-corrected chi connectivity index (χ1v) is 4.81. The summed E-state index contributed by atoms with van der Waals surface area (Å²) >= 11 is 0. The summed E-state index contributed by atoms with van der Waals surface area (Å²) in [6.45, 7) is 1.60. The number of carbonyl (C=O) groups is 1. The topological polar surface area (TPSA) is 92.8 Å². The van der Waals surface area contributed by atoms with Crippen molar-refractivity contribution in [3.05, 3.63) is 23.3 Å². The molecule has 1 atom stereocenters. The van der Waals surface area contributed by atoms with Crippen LogP contribution in [0.25, 0.3) is 0 Å². The molecule has 1 rings (SSSR count). The van der Waals surface area contributed by atoms with Gasteiger partial charge in [0.25, 0.3) is 0 Å². The molecule has 0 aliphatic heterocycles. The smallest absolute Gasteiger partial charge is 0.312 e. The molecule has 0 aromatic heterocycles. The fraction of sp³-hybridized carbons (Fsp3) is 0.364. The van der Waals surface area contributed by atoms with E-state index in [4.69, 9.17) is 15.6 Å². The minimum absolute atomic E-state index is 0.0429. The second-order valence-corrected chi connectivity index (χ2v) is 3.51. The van der Waals surface area contributed by atoms with Gasteiger partial charge in [0, 0.05) is 12.1 Å². The number of nitrogens with two attached hydrogens (primary N) is 1. The van der Waals surface area contributed by atoms with Gasteiger partial charge in [-0.25, -0.2) is 0 Å². The molecule has 16 heavy (non-hydrogen) atoms. The number of aromatic hydroxyl groups is 1. The number of methoxy groups -OCH3 is 1. The third kappa shape index (κ3) is 2.25. The van der Waals surface area contributed by atoms with Crippen LogP contribution in [0.1, 0.15) is 17.0 Å². The predicted octanol–water partition coefficient (Wildman–Crippen LogP) is 0.836. The molecule has 0 aliphatic rings. The molecule has 1 aromatic carbocycles. The minimum Gasteiger partial charge on any atom is -0.507 e. The number of ether oxygens (including phenoxy) is 1. The number of aryl methyl sites for hydroxylation is 1. The molecule has 88 valence electrons. The molecule has 0 saturated carbocycles. The van der Waals surface area contributed by atoms with Gasteiger partial charge < -0.3 is 20.7 Å². The van der Waals surface area contributed by atoms with Gasteiger partial charge in [-0.2, -0.15) is 0 Å². The Hall–Kier alpha value is -1.75. The zero-order chi connectivity index (χ0) is 12.3. The lowest BCUT2D eigenvalue weighted by atomic mass is 9.96. The normalized spacial score (nSPS) is 12.2. The molecule has 5 heteroatoms. The predicted molar refractivity (Wildman–Crippen MR) is 58.8 cm³/mol. The third-order valence-electron chi connectivity index (χ3n) is 2.45. The zero-order valence-corrected chi connectivity index (χ0v) is 9.23. The second kappa shape index (κ2) is 4.85. The molecular weight excluding hydrogens is 210 g/mol. The Kier molecular flexibility index (Phi) is 3.73. The summed E-state index contributed by atoms with van der Waals surface area (Å²) < 4.78 is 5.02. The van der Waals surface area contributed by atoms with E-state index in [-0.39, 0.29) is 17.9 Å². The average Bonchev–Trinajstić information content (AvgIpc) is 2.24. The fourth-order valence-electron chi connectivity index (χ4n) is 1.52. The van der Waals surface area contributed by atoms with Crippen molar-refractivity contribution in [3.63, 3.8) is 0 Å². The molecule has 1 unspecified atom stereocenters. The van der Waals surface area contributed by atoms with Gasteiger partial charge >= 0.3 is 5.97 Å². The van der Waals surface area contributed by atoms with E-state index in [9.17, 15) is 9.90 Å². The molecule has 0 heterocycles. The maximum Gasteiger partial charge on any atom is 0.312 e. The van der Waals surface area contributed by atoms with Gasteiger partial charge in [0.1, 0.15) is 11.5 Å². The van der Waals surface area contributed by atoms with Crippen LogP contribution in [0.2, 0.25) is 0 Å². The molecule has 1 aromatic rings. The van der Waals surface area contributed by atoms with E-state index in [2.05, 4.69) is 0 Å². The molecule has 0 spiro atoms. The molecule has 5 nitrogen and oxygen atoms in total. The standard InChI is InChI=1S/C11H15NO4/c1-6-3-7(16-2)4-8(10(6)13)9(5-12)11(14)15/h3-4,9,13H,5,12H2,1-2H3,(H,14,15). The van der Waals surface area contributed by atoms with Gasteiger partial charge in [0.15, 0.2) is 0 Å². The van der Waals surface area contributed by atoms with E-state index in [1.807, 2.05) is 0 Å². The Labute approximate surface area is 93.5 Å². The maximum absolute atomic E-state index is 11.0. The Bertz CT molecular complexity index is 403. The Morgan fingerprint density at radius 3 is 2.62 bits per heavy atom. The first-order valence-electron chi connectivity index (χ1n) is 4.81. The number of carboxylic acid groups (broad SMARTS) is 1. The van der Waals surface area contributed by atoms with Crippen molar-refractivity contribution < 1.29 is 19.7 Å². The first kappa shape index (κ1) is 12.3. The van der Waals surface area contributed by atoms with Crippen LogP contribution < -0.4 is 10.5 Å². The largest absolute Gasteiger partial charge is 0.507 e. The van der Waals surface area contributed by atoms with E-state index in [1.54, 1.807) is 13.0 Å². The minimum atomic E-state index is -1.06. The van der Waals surface area contributed by atoms with Crippen LogP contribution in [0.15, 0.2) is 12.1 Å². The van der Waals surface area contributed by atoms with Gasteiger partial charge in [0.05, 0.1) is 13.0 Å². The monoisotopic (exact) mass is 225 g/mol. The van der Waals surface area contributed by atoms with E-state index in [0.717, 1.165) is 0 Å². The molecule has 4 N–H and O–H groups in total. The Morgan fingerprint density at radius 2 is 2.19 bits per heavy atom. The van der Waals surface area contributed by atoms with Gasteiger partial charge in [0.2, 0.25) is 0 Å². The SMILES string of the molecule is COc1cc(C)c(O)c(C(CN)C(=O)O)c1. The van der Waals surface area contributed by atoms with Crippen molar-refractivity contribution in [2.45, 2.75) is 12.8 Å². The van der Waals surface area contributed by atoms with E-state index >= 15 is 0 Å². The summed E-state index contributed by atoms with van der Waals surface area (Å²) in [6, 6.07) is 3.13. The van der Waals surface area contributed by atoms with Crippen LogP contribution in [0.5, 0.6) is 11.5 Å². The van der Waals surface area contributed by atoms with E-state index in [1.165, 1.54) is 13.2 Å². The van der Waals surface area contributed by atoms with Gasteiger partial charge in [-0.3, -0.25) is 4.79 Å². The highest BCUT2D eigenvalue weighted by atomic mass is 16.5. The summed E-state index contributed by atoms with van der Waals surface area (Å²) in [6.07, 6.45) is 0. The van der Waals surface area contributed by atoms with Crippen molar-refractivity contribution in [2.24, 2.45) is 5.73 Å². The molecule has 0 radical (unpaired) electrons. The first-order chi connectivity index (χ1) is 7.51. The average molecular weight is 225 g/mol. The van der Waals surface area contributed by atoms with Crippen LogP contribution in [-0.4, -0.2) is 29.8 Å². The van der Waals surface area contributed by atoms with Crippen LogP contribution in [0, 0.1) is 6.92 Å². The van der Waals surface area contributed by atoms with Crippen LogP contribution >= 0.6 is 0 Å². The third-order valence-corrected chi connectivity index (χ3v) is 2.45. The van der Waals surface area contributed by atoms with Crippen LogP contribution in [-0.2, 0) is 4.79 Å². The van der Waals surface area contributed by atoms with Gasteiger partial charge in [-0.15, -0.1) is 0 Å². The number of aliphatic carboxylic acids is 1. The summed E-state index contributed by atoms with van der Waals surface area (Å²) in [5, 5.41) is 18.8. The molecule has 0 fully saturated rings. The number of hydrogen-bond donors (Lipinski definition) is 3. The number of benzene rings is 1. The Morgan fingerprint density at radius 1 is 1.56 bits per heavy atom. The fourth-order valence-corrected chi connectivity index (χ4v) is 1.52. The lowest BCUT2D eigenvalue weighted by molar-refractivity contribution is -0.138. The number of phenols is 1. The summed E-state index contributed by atoms with van der Waals surface area (Å²) in [4.78, 5) is 11.0. The maximum atomic E-state index is 11.0. The highest BCUT2D eigenvalue weighted by molar-refractivity contribution is 5.78. The highest BCUT2D eigenvalue weighted by Crippen LogP contribution is 2.32. The van der Waals surface area contributed by atoms with Gasteiger partial charge in [-0.05, 0) is 24.6 Å². The number of hydrogen-bond acceptors (Lipinski definition) is 4. The molecule has 0 amide bonds. The highest BCUT2D eigenvalue weighted by Gasteiger charge is 2.23. The lowest BCUT2D eigenvalue weighted by Gasteiger charge is -2.15. The van der Waals surface area contributed by atoms with E-state index < -0.39 is 11.9 Å².